The molecule has 70 valence electrons. The van der Waals surface area contributed by atoms with Gasteiger partial charge in [0, 0.05) is 0 Å². The number of aliphatic hydroxyl groups is 1. The molecule has 2 fully saturated rings. The topological polar surface area (TPSA) is 20.2 Å². The Morgan fingerprint density at radius 1 is 1.46 bits per heavy atom. The molecule has 3 heteroatoms. The first-order valence-electron chi connectivity index (χ1n) is 4.70. The molecule has 2 unspecified atom stereocenters. The Balaban J connectivity index is 1.99. The molecule has 2 saturated carbocycles. The van der Waals surface area contributed by atoms with Crippen molar-refractivity contribution < 1.29 is 5.11 Å². The van der Waals surface area contributed by atoms with Crippen molar-refractivity contribution >= 4 is 22.9 Å². The third-order valence-electron chi connectivity index (χ3n) is 3.52. The smallest absolute Gasteiger partial charge is 0.107 e. The van der Waals surface area contributed by atoms with Crippen molar-refractivity contribution in [3.8, 4) is 0 Å². The van der Waals surface area contributed by atoms with E-state index in [-0.39, 0.29) is 0 Å². The van der Waals surface area contributed by atoms with Gasteiger partial charge >= 0.3 is 0 Å². The molecule has 13 heavy (non-hydrogen) atoms. The monoisotopic (exact) mass is 214 g/mol. The van der Waals surface area contributed by atoms with Crippen molar-refractivity contribution in [2.75, 3.05) is 0 Å². The van der Waals surface area contributed by atoms with E-state index in [0.29, 0.717) is 11.8 Å². The lowest BCUT2D eigenvalue weighted by atomic mass is 10.1. The average molecular weight is 215 g/mol. The quantitative estimate of drug-likeness (QED) is 0.762. The summed E-state index contributed by atoms with van der Waals surface area (Å²) in [4.78, 5) is 1.00. The molecule has 0 radical (unpaired) electrons. The van der Waals surface area contributed by atoms with Gasteiger partial charge in [0.15, 0.2) is 0 Å². The van der Waals surface area contributed by atoms with E-state index in [4.69, 9.17) is 11.6 Å². The molecule has 2 aliphatic carbocycles. The molecule has 0 amide bonds. The highest BCUT2D eigenvalue weighted by atomic mass is 35.5. The maximum Gasteiger partial charge on any atom is 0.107 e. The van der Waals surface area contributed by atoms with Crippen LogP contribution in [0.5, 0.6) is 0 Å². The second-order valence-corrected chi connectivity index (χ2v) is 5.39. The molecular formula is C10H11ClOS. The molecule has 1 heterocycles. The van der Waals surface area contributed by atoms with Gasteiger partial charge in [-0.3, -0.25) is 0 Å². The maximum absolute atomic E-state index is 10.4. The molecule has 0 saturated heterocycles. The molecule has 1 aromatic heterocycles. The molecule has 3 rings (SSSR count). The summed E-state index contributed by atoms with van der Waals surface area (Å²) in [5, 5.41) is 13.1. The average Bonchev–Trinajstić information content (AvgIpc) is 2.61. The van der Waals surface area contributed by atoms with Crippen LogP contribution in [-0.4, -0.2) is 5.11 Å². The molecule has 1 aromatic rings. The lowest BCUT2D eigenvalue weighted by molar-refractivity contribution is 0.109. The van der Waals surface area contributed by atoms with E-state index < -0.39 is 5.60 Å². The lowest BCUT2D eigenvalue weighted by Crippen LogP contribution is -2.11. The first kappa shape index (κ1) is 8.27. The van der Waals surface area contributed by atoms with E-state index in [1.54, 1.807) is 11.3 Å². The van der Waals surface area contributed by atoms with E-state index in [1.807, 2.05) is 11.4 Å². The Labute approximate surface area is 86.3 Å². The highest BCUT2D eigenvalue weighted by Crippen LogP contribution is 2.67. The Hall–Kier alpha value is -0.0500. The SMILES string of the molecule is OC1(c2sccc2Cl)C2CCCC21. The van der Waals surface area contributed by atoms with Gasteiger partial charge in [0.05, 0.1) is 9.90 Å². The first-order valence-corrected chi connectivity index (χ1v) is 5.96. The molecule has 1 nitrogen and oxygen atoms in total. The predicted octanol–water partition coefficient (Wildman–Crippen LogP) is 3.02. The molecule has 2 atom stereocenters. The van der Waals surface area contributed by atoms with Gasteiger partial charge in [-0.1, -0.05) is 18.0 Å². The fraction of sp³-hybridized carbons (Fsp3) is 0.600. The predicted molar refractivity (Wildman–Crippen MR) is 54.1 cm³/mol. The van der Waals surface area contributed by atoms with E-state index >= 15 is 0 Å². The normalized spacial score (nSPS) is 42.0. The van der Waals surface area contributed by atoms with Crippen molar-refractivity contribution in [1.29, 1.82) is 0 Å². The highest BCUT2D eigenvalue weighted by molar-refractivity contribution is 7.10. The molecule has 0 bridgehead atoms. The number of rotatable bonds is 1. The number of thiophene rings is 1. The summed E-state index contributed by atoms with van der Waals surface area (Å²) in [7, 11) is 0. The van der Waals surface area contributed by atoms with Crippen LogP contribution in [0.1, 0.15) is 24.1 Å². The fourth-order valence-electron chi connectivity index (χ4n) is 2.84. The van der Waals surface area contributed by atoms with Gasteiger partial charge in [0.1, 0.15) is 5.60 Å². The summed E-state index contributed by atoms with van der Waals surface area (Å²) in [6, 6.07) is 1.88. The fourth-order valence-corrected chi connectivity index (χ4v) is 4.27. The third kappa shape index (κ3) is 0.915. The van der Waals surface area contributed by atoms with Crippen LogP contribution in [0.15, 0.2) is 11.4 Å². The van der Waals surface area contributed by atoms with Crippen LogP contribution in [-0.2, 0) is 5.60 Å². The highest BCUT2D eigenvalue weighted by Gasteiger charge is 2.67. The third-order valence-corrected chi connectivity index (χ3v) is 5.00. The molecular weight excluding hydrogens is 204 g/mol. The van der Waals surface area contributed by atoms with Gasteiger partial charge < -0.3 is 5.11 Å². The summed E-state index contributed by atoms with van der Waals surface area (Å²) in [6.07, 6.45) is 3.63. The van der Waals surface area contributed by atoms with Crippen LogP contribution in [0, 0.1) is 11.8 Å². The number of fused-ring (bicyclic) bond motifs is 1. The van der Waals surface area contributed by atoms with Gasteiger partial charge in [-0.2, -0.15) is 0 Å². The van der Waals surface area contributed by atoms with E-state index in [1.165, 1.54) is 19.3 Å². The molecule has 0 spiro atoms. The Bertz CT molecular complexity index is 336. The Morgan fingerprint density at radius 3 is 2.69 bits per heavy atom. The minimum atomic E-state index is -0.538. The van der Waals surface area contributed by atoms with Crippen molar-refractivity contribution in [2.45, 2.75) is 24.9 Å². The molecule has 1 N–H and O–H groups in total. The van der Waals surface area contributed by atoms with Crippen molar-refractivity contribution in [3.05, 3.63) is 21.3 Å². The van der Waals surface area contributed by atoms with Crippen LogP contribution < -0.4 is 0 Å². The summed E-state index contributed by atoms with van der Waals surface area (Å²) in [5.41, 5.74) is -0.538. The van der Waals surface area contributed by atoms with Crippen LogP contribution in [0.2, 0.25) is 5.02 Å². The Morgan fingerprint density at radius 2 is 2.15 bits per heavy atom. The maximum atomic E-state index is 10.4. The summed E-state index contributed by atoms with van der Waals surface area (Å²) < 4.78 is 0. The van der Waals surface area contributed by atoms with Crippen LogP contribution >= 0.6 is 22.9 Å². The zero-order valence-electron chi connectivity index (χ0n) is 7.16. The van der Waals surface area contributed by atoms with Gasteiger partial charge in [-0.15, -0.1) is 11.3 Å². The summed E-state index contributed by atoms with van der Waals surface area (Å²) >= 11 is 7.62. The lowest BCUT2D eigenvalue weighted by Gasteiger charge is -2.12. The molecule has 2 aliphatic rings. The van der Waals surface area contributed by atoms with Crippen LogP contribution in [0.3, 0.4) is 0 Å². The van der Waals surface area contributed by atoms with E-state index in [0.717, 1.165) is 9.90 Å². The van der Waals surface area contributed by atoms with Gasteiger partial charge in [-0.25, -0.2) is 0 Å². The second kappa shape index (κ2) is 2.50. The summed E-state index contributed by atoms with van der Waals surface area (Å²) in [6.45, 7) is 0. The van der Waals surface area contributed by atoms with E-state index in [9.17, 15) is 5.11 Å². The van der Waals surface area contributed by atoms with Crippen molar-refractivity contribution in [2.24, 2.45) is 11.8 Å². The van der Waals surface area contributed by atoms with Gasteiger partial charge in [-0.05, 0) is 36.1 Å². The largest absolute Gasteiger partial charge is 0.384 e. The van der Waals surface area contributed by atoms with Crippen molar-refractivity contribution in [1.82, 2.24) is 0 Å². The van der Waals surface area contributed by atoms with Gasteiger partial charge in [0.2, 0.25) is 0 Å². The molecule has 0 aliphatic heterocycles. The standard InChI is InChI=1S/C10H11ClOS/c11-8-4-5-13-9(8)10(12)6-2-1-3-7(6)10/h4-7,12H,1-3H2. The first-order chi connectivity index (χ1) is 6.24. The van der Waals surface area contributed by atoms with Gasteiger partial charge in [0.25, 0.3) is 0 Å². The number of hydrogen-bond donors (Lipinski definition) is 1. The zero-order chi connectivity index (χ0) is 9.05. The number of halogens is 1. The Kier molecular flexibility index (Phi) is 1.59. The van der Waals surface area contributed by atoms with Crippen molar-refractivity contribution in [3.63, 3.8) is 0 Å². The molecule has 0 aromatic carbocycles. The van der Waals surface area contributed by atoms with E-state index in [2.05, 4.69) is 0 Å². The van der Waals surface area contributed by atoms with Crippen LogP contribution in [0.25, 0.3) is 0 Å². The second-order valence-electron chi connectivity index (χ2n) is 4.07. The number of hydrogen-bond acceptors (Lipinski definition) is 2. The van der Waals surface area contributed by atoms with Crippen LogP contribution in [0.4, 0.5) is 0 Å². The minimum Gasteiger partial charge on any atom is -0.384 e. The summed E-state index contributed by atoms with van der Waals surface area (Å²) in [5.74, 6) is 1.01. The zero-order valence-corrected chi connectivity index (χ0v) is 8.74. The minimum absolute atomic E-state index is 0.503.